The number of fused-ring (bicyclic) bond motifs is 1. The van der Waals surface area contributed by atoms with E-state index in [0.29, 0.717) is 35.1 Å². The summed E-state index contributed by atoms with van der Waals surface area (Å²) in [6.07, 6.45) is 0.386. The van der Waals surface area contributed by atoms with Crippen molar-refractivity contribution in [1.29, 1.82) is 0 Å². The van der Waals surface area contributed by atoms with Gasteiger partial charge in [0.15, 0.2) is 5.58 Å². The molecule has 0 aliphatic rings. The SMILES string of the molecule is CCC(=O)Nc1ccc(O)c(-c2nc3cc(C(C)C)ccc3o2)c1. The van der Waals surface area contributed by atoms with Gasteiger partial charge in [0.05, 0.1) is 5.56 Å². The van der Waals surface area contributed by atoms with Gasteiger partial charge in [-0.1, -0.05) is 26.8 Å². The van der Waals surface area contributed by atoms with Crippen LogP contribution in [-0.4, -0.2) is 16.0 Å². The number of aromatic nitrogens is 1. The summed E-state index contributed by atoms with van der Waals surface area (Å²) in [4.78, 5) is 16.0. The predicted molar refractivity (Wildman–Crippen MR) is 94.1 cm³/mol. The highest BCUT2D eigenvalue weighted by molar-refractivity contribution is 5.91. The minimum absolute atomic E-state index is 0.0557. The maximum atomic E-state index is 11.5. The van der Waals surface area contributed by atoms with Gasteiger partial charge in [-0.25, -0.2) is 4.98 Å². The van der Waals surface area contributed by atoms with Crippen molar-refractivity contribution in [3.8, 4) is 17.2 Å². The lowest BCUT2D eigenvalue weighted by Crippen LogP contribution is -2.09. The van der Waals surface area contributed by atoms with Gasteiger partial charge in [0, 0.05) is 12.1 Å². The second-order valence-corrected chi connectivity index (χ2v) is 6.03. The van der Waals surface area contributed by atoms with E-state index in [1.54, 1.807) is 19.1 Å². The third-order valence-corrected chi connectivity index (χ3v) is 3.91. The van der Waals surface area contributed by atoms with Crippen LogP contribution in [0.3, 0.4) is 0 Å². The maximum absolute atomic E-state index is 11.5. The van der Waals surface area contributed by atoms with Crippen LogP contribution < -0.4 is 5.32 Å². The van der Waals surface area contributed by atoms with E-state index in [1.165, 1.54) is 11.6 Å². The van der Waals surface area contributed by atoms with Crippen molar-refractivity contribution in [1.82, 2.24) is 4.98 Å². The van der Waals surface area contributed by atoms with E-state index in [9.17, 15) is 9.90 Å². The van der Waals surface area contributed by atoms with Crippen molar-refractivity contribution in [2.75, 3.05) is 5.32 Å². The van der Waals surface area contributed by atoms with E-state index in [0.717, 1.165) is 5.52 Å². The second-order valence-electron chi connectivity index (χ2n) is 6.03. The molecule has 1 amide bonds. The van der Waals surface area contributed by atoms with E-state index in [-0.39, 0.29) is 11.7 Å². The summed E-state index contributed by atoms with van der Waals surface area (Å²) in [6.45, 7) is 6.02. The Morgan fingerprint density at radius 2 is 2.04 bits per heavy atom. The molecule has 5 nitrogen and oxygen atoms in total. The molecule has 0 unspecified atom stereocenters. The first kappa shape index (κ1) is 16.1. The molecule has 0 radical (unpaired) electrons. The number of anilines is 1. The van der Waals surface area contributed by atoms with Crippen LogP contribution in [0, 0.1) is 0 Å². The second kappa shape index (κ2) is 6.35. The van der Waals surface area contributed by atoms with Crippen LogP contribution in [0.25, 0.3) is 22.6 Å². The zero-order valence-corrected chi connectivity index (χ0v) is 14.0. The molecule has 3 aromatic rings. The number of benzene rings is 2. The first-order valence-corrected chi connectivity index (χ1v) is 8.01. The van der Waals surface area contributed by atoms with Crippen molar-refractivity contribution < 1.29 is 14.3 Å². The number of carbonyl (C=O) groups excluding carboxylic acids is 1. The summed E-state index contributed by atoms with van der Waals surface area (Å²) < 4.78 is 5.77. The van der Waals surface area contributed by atoms with Gasteiger partial charge in [-0.2, -0.15) is 0 Å². The molecule has 24 heavy (non-hydrogen) atoms. The number of nitrogens with one attached hydrogen (secondary N) is 1. The number of phenols is 1. The molecule has 2 aromatic carbocycles. The van der Waals surface area contributed by atoms with Crippen LogP contribution in [0.2, 0.25) is 0 Å². The van der Waals surface area contributed by atoms with Crippen LogP contribution in [-0.2, 0) is 4.79 Å². The van der Waals surface area contributed by atoms with Crippen LogP contribution in [0.15, 0.2) is 40.8 Å². The fourth-order valence-corrected chi connectivity index (χ4v) is 2.45. The largest absolute Gasteiger partial charge is 0.507 e. The van der Waals surface area contributed by atoms with Crippen LogP contribution in [0.1, 0.15) is 38.7 Å². The highest BCUT2D eigenvalue weighted by atomic mass is 16.3. The van der Waals surface area contributed by atoms with Crippen molar-refractivity contribution in [2.45, 2.75) is 33.1 Å². The minimum atomic E-state index is -0.0919. The monoisotopic (exact) mass is 324 g/mol. The summed E-state index contributed by atoms with van der Waals surface area (Å²) >= 11 is 0. The molecular formula is C19H20N2O3. The van der Waals surface area contributed by atoms with Crippen LogP contribution in [0.5, 0.6) is 5.75 Å². The average molecular weight is 324 g/mol. The lowest BCUT2D eigenvalue weighted by atomic mass is 10.0. The highest BCUT2D eigenvalue weighted by Crippen LogP contribution is 2.34. The van der Waals surface area contributed by atoms with Gasteiger partial charge < -0.3 is 14.8 Å². The molecule has 0 fully saturated rings. The number of hydrogen-bond donors (Lipinski definition) is 2. The van der Waals surface area contributed by atoms with E-state index in [2.05, 4.69) is 24.1 Å². The van der Waals surface area contributed by atoms with E-state index in [4.69, 9.17) is 4.42 Å². The van der Waals surface area contributed by atoms with Gasteiger partial charge in [0.25, 0.3) is 0 Å². The lowest BCUT2D eigenvalue weighted by Gasteiger charge is -2.06. The average Bonchev–Trinajstić information content (AvgIpc) is 2.99. The standard InChI is InChI=1S/C19H20N2O3/c1-4-18(23)20-13-6-7-16(22)14(10-13)19-21-15-9-12(11(2)3)5-8-17(15)24-19/h5-11,22H,4H2,1-3H3,(H,20,23). The van der Waals surface area contributed by atoms with Gasteiger partial charge in [0.1, 0.15) is 11.3 Å². The number of rotatable bonds is 4. The fraction of sp³-hybridized carbons (Fsp3) is 0.263. The molecule has 0 aliphatic carbocycles. The van der Waals surface area contributed by atoms with Crippen LogP contribution in [0.4, 0.5) is 5.69 Å². The van der Waals surface area contributed by atoms with Gasteiger partial charge >= 0.3 is 0 Å². The fourth-order valence-electron chi connectivity index (χ4n) is 2.45. The summed E-state index contributed by atoms with van der Waals surface area (Å²) in [5.74, 6) is 0.692. The molecule has 0 bridgehead atoms. The number of phenolic OH excluding ortho intramolecular Hbond substituents is 1. The maximum Gasteiger partial charge on any atom is 0.231 e. The molecule has 1 aromatic heterocycles. The van der Waals surface area contributed by atoms with Gasteiger partial charge in [-0.3, -0.25) is 4.79 Å². The Balaban J connectivity index is 2.03. The van der Waals surface area contributed by atoms with E-state index in [1.807, 2.05) is 18.2 Å². The molecule has 3 rings (SSSR count). The zero-order chi connectivity index (χ0) is 17.3. The molecule has 0 atom stereocenters. The lowest BCUT2D eigenvalue weighted by molar-refractivity contribution is -0.115. The molecule has 124 valence electrons. The van der Waals surface area contributed by atoms with Crippen molar-refractivity contribution in [3.05, 3.63) is 42.0 Å². The molecule has 0 spiro atoms. The van der Waals surface area contributed by atoms with Gasteiger partial charge in [0.2, 0.25) is 11.8 Å². The number of hydrogen-bond acceptors (Lipinski definition) is 4. The molecule has 1 heterocycles. The molecule has 2 N–H and O–H groups in total. The quantitative estimate of drug-likeness (QED) is 0.684. The van der Waals surface area contributed by atoms with Crippen molar-refractivity contribution in [2.24, 2.45) is 0 Å². The Hall–Kier alpha value is -2.82. The predicted octanol–water partition coefficient (Wildman–Crippen LogP) is 4.67. The highest BCUT2D eigenvalue weighted by Gasteiger charge is 2.14. The Morgan fingerprint density at radius 1 is 1.25 bits per heavy atom. The molecule has 5 heteroatoms. The third-order valence-electron chi connectivity index (χ3n) is 3.91. The summed E-state index contributed by atoms with van der Waals surface area (Å²) in [6, 6.07) is 10.7. The first-order valence-electron chi connectivity index (χ1n) is 8.01. The number of oxazole rings is 1. The Morgan fingerprint density at radius 3 is 2.75 bits per heavy atom. The minimum Gasteiger partial charge on any atom is -0.507 e. The zero-order valence-electron chi connectivity index (χ0n) is 14.0. The Bertz CT molecular complexity index is 897. The molecule has 0 saturated carbocycles. The number of carbonyl (C=O) groups is 1. The normalized spacial score (nSPS) is 11.2. The third kappa shape index (κ3) is 3.11. The Kier molecular flexibility index (Phi) is 4.25. The smallest absolute Gasteiger partial charge is 0.231 e. The van der Waals surface area contributed by atoms with Crippen molar-refractivity contribution in [3.63, 3.8) is 0 Å². The molecule has 0 saturated heterocycles. The Labute approximate surface area is 140 Å². The van der Waals surface area contributed by atoms with E-state index >= 15 is 0 Å². The van der Waals surface area contributed by atoms with E-state index < -0.39 is 0 Å². The topological polar surface area (TPSA) is 75.4 Å². The van der Waals surface area contributed by atoms with Gasteiger partial charge in [-0.15, -0.1) is 0 Å². The summed E-state index contributed by atoms with van der Waals surface area (Å²) in [5.41, 5.74) is 3.64. The summed E-state index contributed by atoms with van der Waals surface area (Å²) in [5, 5.41) is 12.9. The molecule has 0 aliphatic heterocycles. The van der Waals surface area contributed by atoms with Crippen molar-refractivity contribution >= 4 is 22.7 Å². The number of amides is 1. The first-order chi connectivity index (χ1) is 11.5. The summed E-state index contributed by atoms with van der Waals surface area (Å²) in [7, 11) is 0. The molecular weight excluding hydrogens is 304 g/mol. The number of aromatic hydroxyl groups is 1. The number of nitrogens with zero attached hydrogens (tertiary/aromatic N) is 1. The van der Waals surface area contributed by atoms with Gasteiger partial charge in [-0.05, 0) is 41.8 Å². The van der Waals surface area contributed by atoms with Crippen LogP contribution >= 0.6 is 0 Å².